The Morgan fingerprint density at radius 2 is 2.12 bits per heavy atom. The van der Waals surface area contributed by atoms with E-state index < -0.39 is 0 Å². The van der Waals surface area contributed by atoms with Crippen LogP contribution in [0.3, 0.4) is 0 Å². The van der Waals surface area contributed by atoms with E-state index in [2.05, 4.69) is 26.2 Å². The van der Waals surface area contributed by atoms with E-state index in [0.29, 0.717) is 16.5 Å². The van der Waals surface area contributed by atoms with Gasteiger partial charge in [-0.1, -0.05) is 27.5 Å². The fourth-order valence-corrected chi connectivity index (χ4v) is 2.10. The van der Waals surface area contributed by atoms with Crippen molar-refractivity contribution in [3.8, 4) is 0 Å². The minimum absolute atomic E-state index is 0.528. The molecule has 0 saturated carbocycles. The molecule has 0 spiro atoms. The van der Waals surface area contributed by atoms with Crippen LogP contribution in [0, 0.1) is 6.92 Å². The van der Waals surface area contributed by atoms with E-state index in [1.807, 2.05) is 25.1 Å². The molecule has 5 heteroatoms. The largest absolute Gasteiger partial charge is 0.396 e. The average molecular weight is 313 g/mol. The van der Waals surface area contributed by atoms with Crippen LogP contribution in [0.2, 0.25) is 5.02 Å². The maximum Gasteiger partial charge on any atom is 0.153 e. The lowest BCUT2D eigenvalue weighted by molar-refractivity contribution is 1.30. The van der Waals surface area contributed by atoms with Gasteiger partial charge >= 0.3 is 0 Å². The molecule has 0 amide bonds. The predicted molar refractivity (Wildman–Crippen MR) is 75.8 cm³/mol. The first-order valence-corrected chi connectivity index (χ1v) is 6.17. The number of halogens is 2. The highest BCUT2D eigenvalue weighted by Gasteiger charge is 2.04. The maximum absolute atomic E-state index is 5.83. The Labute approximate surface area is 113 Å². The number of hydrogen-bond acceptors (Lipinski definition) is 3. The number of rotatable bonds is 2. The lowest BCUT2D eigenvalue weighted by atomic mass is 10.2. The Morgan fingerprint density at radius 3 is 2.76 bits per heavy atom. The lowest BCUT2D eigenvalue weighted by Crippen LogP contribution is -2.00. The van der Waals surface area contributed by atoms with Gasteiger partial charge in [-0.15, -0.1) is 0 Å². The molecule has 1 aromatic heterocycles. The minimum Gasteiger partial charge on any atom is -0.396 e. The Kier molecular flexibility index (Phi) is 3.54. The Hall–Kier alpha value is -1.26. The summed E-state index contributed by atoms with van der Waals surface area (Å²) in [6.45, 7) is 2.01. The van der Waals surface area contributed by atoms with Crippen LogP contribution in [0.4, 0.5) is 17.2 Å². The van der Waals surface area contributed by atoms with Crippen molar-refractivity contribution >= 4 is 44.7 Å². The number of hydrogen-bond donors (Lipinski definition) is 2. The fourth-order valence-electron chi connectivity index (χ4n) is 1.45. The summed E-state index contributed by atoms with van der Waals surface area (Å²) in [6, 6.07) is 7.62. The second-order valence-electron chi connectivity index (χ2n) is 3.68. The zero-order chi connectivity index (χ0) is 12.4. The van der Waals surface area contributed by atoms with Crippen LogP contribution in [-0.2, 0) is 0 Å². The number of pyridine rings is 1. The monoisotopic (exact) mass is 311 g/mol. The van der Waals surface area contributed by atoms with Crippen molar-refractivity contribution in [2.75, 3.05) is 11.1 Å². The first-order valence-electron chi connectivity index (χ1n) is 5.00. The van der Waals surface area contributed by atoms with E-state index >= 15 is 0 Å². The normalized spacial score (nSPS) is 10.3. The number of benzene rings is 1. The van der Waals surface area contributed by atoms with Gasteiger partial charge in [0.2, 0.25) is 0 Å². The van der Waals surface area contributed by atoms with Crippen LogP contribution in [-0.4, -0.2) is 4.98 Å². The average Bonchev–Trinajstić information content (AvgIpc) is 2.25. The first-order chi connectivity index (χ1) is 8.06. The van der Waals surface area contributed by atoms with Crippen LogP contribution in [0.5, 0.6) is 0 Å². The number of nitrogens with two attached hydrogens (primary N) is 1. The second-order valence-corrected chi connectivity index (χ2v) is 5.03. The van der Waals surface area contributed by atoms with Crippen molar-refractivity contribution in [2.45, 2.75) is 6.92 Å². The van der Waals surface area contributed by atoms with E-state index in [9.17, 15) is 0 Å². The minimum atomic E-state index is 0.528. The van der Waals surface area contributed by atoms with Crippen molar-refractivity contribution in [1.29, 1.82) is 0 Å². The SMILES string of the molecule is Cc1cc(Br)ccc1Nc1ncc(Cl)cc1N. The van der Waals surface area contributed by atoms with Crippen LogP contribution in [0.25, 0.3) is 0 Å². The van der Waals surface area contributed by atoms with E-state index in [1.165, 1.54) is 0 Å². The summed E-state index contributed by atoms with van der Waals surface area (Å²) < 4.78 is 1.04. The number of aryl methyl sites for hydroxylation is 1. The fraction of sp³-hybridized carbons (Fsp3) is 0.0833. The van der Waals surface area contributed by atoms with Gasteiger partial charge in [-0.2, -0.15) is 0 Å². The van der Waals surface area contributed by atoms with E-state index in [0.717, 1.165) is 15.7 Å². The van der Waals surface area contributed by atoms with Gasteiger partial charge in [-0.25, -0.2) is 4.98 Å². The van der Waals surface area contributed by atoms with Gasteiger partial charge in [0.25, 0.3) is 0 Å². The highest BCUT2D eigenvalue weighted by molar-refractivity contribution is 9.10. The molecule has 1 heterocycles. The number of nitrogens with one attached hydrogen (secondary N) is 1. The molecular formula is C12H11BrClN3. The summed E-state index contributed by atoms with van der Waals surface area (Å²) in [5.41, 5.74) is 8.43. The standard InChI is InChI=1S/C12H11BrClN3/c1-7-4-8(13)2-3-11(7)17-12-10(15)5-9(14)6-16-12/h2-6H,15H2,1H3,(H,16,17). The van der Waals surface area contributed by atoms with Gasteiger partial charge in [-0.05, 0) is 36.8 Å². The van der Waals surface area contributed by atoms with Crippen molar-refractivity contribution in [1.82, 2.24) is 4.98 Å². The quantitative estimate of drug-likeness (QED) is 0.876. The van der Waals surface area contributed by atoms with Crippen molar-refractivity contribution in [3.63, 3.8) is 0 Å². The summed E-state index contributed by atoms with van der Waals surface area (Å²) >= 11 is 9.22. The molecule has 0 atom stereocenters. The summed E-state index contributed by atoms with van der Waals surface area (Å²) in [5, 5.41) is 3.71. The zero-order valence-electron chi connectivity index (χ0n) is 9.17. The van der Waals surface area contributed by atoms with Crippen molar-refractivity contribution in [2.24, 2.45) is 0 Å². The van der Waals surface area contributed by atoms with Crippen LogP contribution in [0.15, 0.2) is 34.9 Å². The molecule has 0 aliphatic carbocycles. The third-order valence-corrected chi connectivity index (χ3v) is 3.03. The van der Waals surface area contributed by atoms with Crippen LogP contribution in [0.1, 0.15) is 5.56 Å². The molecule has 3 nitrogen and oxygen atoms in total. The summed E-state index contributed by atoms with van der Waals surface area (Å²) in [5.74, 6) is 0.611. The molecule has 1 aromatic carbocycles. The number of nitrogen functional groups attached to an aromatic ring is 1. The summed E-state index contributed by atoms with van der Waals surface area (Å²) in [6.07, 6.45) is 1.56. The van der Waals surface area contributed by atoms with Gasteiger partial charge in [0.05, 0.1) is 10.7 Å². The summed E-state index contributed by atoms with van der Waals surface area (Å²) in [7, 11) is 0. The topological polar surface area (TPSA) is 50.9 Å². The molecule has 17 heavy (non-hydrogen) atoms. The van der Waals surface area contributed by atoms with Crippen LogP contribution < -0.4 is 11.1 Å². The Morgan fingerprint density at radius 1 is 1.35 bits per heavy atom. The molecule has 0 aliphatic rings. The molecular weight excluding hydrogens is 302 g/mol. The second kappa shape index (κ2) is 4.94. The van der Waals surface area contributed by atoms with Gasteiger partial charge in [0.1, 0.15) is 0 Å². The van der Waals surface area contributed by atoms with Gasteiger partial charge in [0.15, 0.2) is 5.82 Å². The third kappa shape index (κ3) is 2.90. The molecule has 2 rings (SSSR count). The lowest BCUT2D eigenvalue weighted by Gasteiger charge is -2.11. The number of aromatic nitrogens is 1. The first kappa shape index (κ1) is 12.2. The van der Waals surface area contributed by atoms with E-state index in [-0.39, 0.29) is 0 Å². The van der Waals surface area contributed by atoms with Gasteiger partial charge < -0.3 is 11.1 Å². The van der Waals surface area contributed by atoms with Crippen molar-refractivity contribution < 1.29 is 0 Å². The van der Waals surface area contributed by atoms with E-state index in [1.54, 1.807) is 12.3 Å². The molecule has 0 saturated heterocycles. The molecule has 0 unspecified atom stereocenters. The number of anilines is 3. The number of nitrogens with zero attached hydrogens (tertiary/aromatic N) is 1. The highest BCUT2D eigenvalue weighted by Crippen LogP contribution is 2.26. The molecule has 0 fully saturated rings. The van der Waals surface area contributed by atoms with E-state index in [4.69, 9.17) is 17.3 Å². The Balaban J connectivity index is 2.31. The van der Waals surface area contributed by atoms with Gasteiger partial charge in [-0.3, -0.25) is 0 Å². The molecule has 0 aliphatic heterocycles. The highest BCUT2D eigenvalue weighted by atomic mass is 79.9. The molecule has 88 valence electrons. The molecule has 0 radical (unpaired) electrons. The maximum atomic E-state index is 5.83. The molecule has 3 N–H and O–H groups in total. The zero-order valence-corrected chi connectivity index (χ0v) is 11.5. The van der Waals surface area contributed by atoms with Gasteiger partial charge in [0, 0.05) is 16.4 Å². The predicted octanol–water partition coefficient (Wildman–Crippen LogP) is 4.13. The summed E-state index contributed by atoms with van der Waals surface area (Å²) in [4.78, 5) is 4.16. The van der Waals surface area contributed by atoms with Crippen molar-refractivity contribution in [3.05, 3.63) is 45.5 Å². The molecule has 0 bridgehead atoms. The smallest absolute Gasteiger partial charge is 0.153 e. The molecule has 2 aromatic rings. The Bertz CT molecular complexity index is 508. The third-order valence-electron chi connectivity index (χ3n) is 2.33. The van der Waals surface area contributed by atoms with Crippen LogP contribution >= 0.6 is 27.5 Å².